The second-order valence-corrected chi connectivity index (χ2v) is 8.15. The van der Waals surface area contributed by atoms with Gasteiger partial charge in [-0.15, -0.1) is 0 Å². The van der Waals surface area contributed by atoms with Crippen LogP contribution in [-0.4, -0.2) is 39.7 Å². The SMILES string of the molecule is CCCOc1ccc(C2=C(N(CC)Cc3ccccc3)C(=O)N(Cc3ccncc3)C2=O)cc1. The Bertz CT molecular complexity index is 1160. The number of hydrogen-bond acceptors (Lipinski definition) is 5. The highest BCUT2D eigenvalue weighted by Gasteiger charge is 2.41. The normalized spacial score (nSPS) is 13.5. The van der Waals surface area contributed by atoms with Crippen molar-refractivity contribution in [1.82, 2.24) is 14.8 Å². The first kappa shape index (κ1) is 23.2. The number of nitrogens with zero attached hydrogens (tertiary/aromatic N) is 3. The van der Waals surface area contributed by atoms with Gasteiger partial charge in [0.1, 0.15) is 11.4 Å². The van der Waals surface area contributed by atoms with Crippen LogP contribution in [0.3, 0.4) is 0 Å². The average molecular weight is 456 g/mol. The molecule has 0 saturated carbocycles. The number of ether oxygens (including phenoxy) is 1. The fourth-order valence-corrected chi connectivity index (χ4v) is 4.02. The molecule has 0 radical (unpaired) electrons. The van der Waals surface area contributed by atoms with Crippen molar-refractivity contribution in [3.63, 3.8) is 0 Å². The number of rotatable bonds is 10. The van der Waals surface area contributed by atoms with Crippen LogP contribution in [0.15, 0.2) is 84.8 Å². The summed E-state index contributed by atoms with van der Waals surface area (Å²) in [5, 5.41) is 0. The molecule has 6 heteroatoms. The van der Waals surface area contributed by atoms with Crippen molar-refractivity contribution in [2.75, 3.05) is 13.2 Å². The van der Waals surface area contributed by atoms with E-state index in [4.69, 9.17) is 4.74 Å². The van der Waals surface area contributed by atoms with Crippen molar-refractivity contribution < 1.29 is 14.3 Å². The summed E-state index contributed by atoms with van der Waals surface area (Å²) in [7, 11) is 0. The number of aromatic nitrogens is 1. The van der Waals surface area contributed by atoms with Gasteiger partial charge in [-0.05, 0) is 54.3 Å². The second kappa shape index (κ2) is 10.8. The predicted octanol–water partition coefficient (Wildman–Crippen LogP) is 4.67. The molecule has 2 aromatic carbocycles. The standard InChI is InChI=1S/C28H29N3O3/c1-3-18-34-24-12-10-23(11-13-24)25-26(30(4-2)19-21-8-6-5-7-9-21)28(33)31(27(25)32)20-22-14-16-29-17-15-22/h5-17H,3-4,18-20H2,1-2H3. The lowest BCUT2D eigenvalue weighted by molar-refractivity contribution is -0.138. The summed E-state index contributed by atoms with van der Waals surface area (Å²) in [6.45, 7) is 6.01. The molecule has 1 aromatic heterocycles. The Balaban J connectivity index is 1.72. The van der Waals surface area contributed by atoms with E-state index in [2.05, 4.69) is 11.9 Å². The number of imide groups is 1. The van der Waals surface area contributed by atoms with Crippen molar-refractivity contribution in [3.8, 4) is 5.75 Å². The van der Waals surface area contributed by atoms with E-state index in [1.165, 1.54) is 4.90 Å². The minimum absolute atomic E-state index is 0.202. The first-order valence-corrected chi connectivity index (χ1v) is 11.6. The Hall–Kier alpha value is -3.93. The number of likely N-dealkylation sites (N-methyl/N-ethyl adjacent to an activating group) is 1. The van der Waals surface area contributed by atoms with Gasteiger partial charge in [0.2, 0.25) is 0 Å². The van der Waals surface area contributed by atoms with Crippen molar-refractivity contribution >= 4 is 17.4 Å². The Morgan fingerprint density at radius 2 is 1.56 bits per heavy atom. The number of carbonyl (C=O) groups is 2. The summed E-state index contributed by atoms with van der Waals surface area (Å²) in [4.78, 5) is 34.7. The molecular formula is C28H29N3O3. The minimum atomic E-state index is -0.287. The van der Waals surface area contributed by atoms with Crippen molar-refractivity contribution in [1.29, 1.82) is 0 Å². The zero-order valence-corrected chi connectivity index (χ0v) is 19.6. The molecule has 0 spiro atoms. The lowest BCUT2D eigenvalue weighted by Crippen LogP contribution is -2.34. The number of hydrogen-bond donors (Lipinski definition) is 0. The molecule has 2 heterocycles. The topological polar surface area (TPSA) is 62.7 Å². The van der Waals surface area contributed by atoms with E-state index in [1.54, 1.807) is 12.4 Å². The van der Waals surface area contributed by atoms with Crippen LogP contribution in [0, 0.1) is 0 Å². The van der Waals surface area contributed by atoms with Gasteiger partial charge >= 0.3 is 0 Å². The minimum Gasteiger partial charge on any atom is -0.494 e. The molecule has 1 aliphatic heterocycles. The lowest BCUT2D eigenvalue weighted by atomic mass is 10.0. The molecule has 0 N–H and O–H groups in total. The maximum Gasteiger partial charge on any atom is 0.278 e. The van der Waals surface area contributed by atoms with Crippen LogP contribution in [0.25, 0.3) is 5.57 Å². The van der Waals surface area contributed by atoms with Gasteiger partial charge in [0.05, 0.1) is 18.7 Å². The summed E-state index contributed by atoms with van der Waals surface area (Å²) in [5.41, 5.74) is 3.51. The Morgan fingerprint density at radius 3 is 2.21 bits per heavy atom. The first-order valence-electron chi connectivity index (χ1n) is 11.6. The fourth-order valence-electron chi connectivity index (χ4n) is 4.02. The number of carbonyl (C=O) groups excluding carboxylic acids is 2. The summed E-state index contributed by atoms with van der Waals surface area (Å²) >= 11 is 0. The maximum atomic E-state index is 13.7. The van der Waals surface area contributed by atoms with Gasteiger partial charge in [0, 0.05) is 25.5 Å². The molecule has 3 aromatic rings. The van der Waals surface area contributed by atoms with Gasteiger partial charge in [-0.2, -0.15) is 0 Å². The Morgan fingerprint density at radius 1 is 0.853 bits per heavy atom. The van der Waals surface area contributed by atoms with E-state index in [0.717, 1.165) is 23.3 Å². The molecule has 0 saturated heterocycles. The third kappa shape index (κ3) is 5.01. The fraction of sp³-hybridized carbons (Fsp3) is 0.250. The van der Waals surface area contributed by atoms with Crippen molar-refractivity contribution in [3.05, 3.63) is 102 Å². The van der Waals surface area contributed by atoms with E-state index in [9.17, 15) is 9.59 Å². The highest BCUT2D eigenvalue weighted by atomic mass is 16.5. The molecule has 0 atom stereocenters. The molecule has 0 fully saturated rings. The second-order valence-electron chi connectivity index (χ2n) is 8.15. The summed E-state index contributed by atoms with van der Waals surface area (Å²) in [5.74, 6) is 0.182. The molecule has 174 valence electrons. The van der Waals surface area contributed by atoms with E-state index >= 15 is 0 Å². The number of benzene rings is 2. The van der Waals surface area contributed by atoms with Gasteiger partial charge in [-0.3, -0.25) is 19.5 Å². The zero-order chi connectivity index (χ0) is 23.9. The Kier molecular flexibility index (Phi) is 7.38. The lowest BCUT2D eigenvalue weighted by Gasteiger charge is -2.25. The largest absolute Gasteiger partial charge is 0.494 e. The molecule has 4 rings (SSSR count). The monoisotopic (exact) mass is 455 g/mol. The third-order valence-electron chi connectivity index (χ3n) is 5.76. The quantitative estimate of drug-likeness (QED) is 0.416. The molecule has 0 aliphatic carbocycles. The van der Waals surface area contributed by atoms with Gasteiger partial charge in [-0.25, -0.2) is 0 Å². The summed E-state index contributed by atoms with van der Waals surface area (Å²) < 4.78 is 5.70. The van der Waals surface area contributed by atoms with Crippen molar-refractivity contribution in [2.45, 2.75) is 33.4 Å². The maximum absolute atomic E-state index is 13.7. The van der Waals surface area contributed by atoms with Gasteiger partial charge in [-0.1, -0.05) is 49.4 Å². The summed E-state index contributed by atoms with van der Waals surface area (Å²) in [6.07, 6.45) is 4.25. The summed E-state index contributed by atoms with van der Waals surface area (Å²) in [6, 6.07) is 21.0. The van der Waals surface area contributed by atoms with E-state index in [-0.39, 0.29) is 18.4 Å². The van der Waals surface area contributed by atoms with Crippen LogP contribution >= 0.6 is 0 Å². The van der Waals surface area contributed by atoms with Crippen molar-refractivity contribution in [2.24, 2.45) is 0 Å². The van der Waals surface area contributed by atoms with Gasteiger partial charge < -0.3 is 9.64 Å². The molecule has 34 heavy (non-hydrogen) atoms. The van der Waals surface area contributed by atoms with Crippen LogP contribution in [0.5, 0.6) is 5.75 Å². The molecule has 0 unspecified atom stereocenters. The van der Waals surface area contributed by atoms with E-state index < -0.39 is 0 Å². The molecule has 0 bridgehead atoms. The highest BCUT2D eigenvalue weighted by molar-refractivity contribution is 6.35. The van der Waals surface area contributed by atoms with Crippen LogP contribution < -0.4 is 4.74 Å². The average Bonchev–Trinajstić information content (AvgIpc) is 3.12. The number of amides is 2. The molecular weight excluding hydrogens is 426 g/mol. The molecule has 1 aliphatic rings. The zero-order valence-electron chi connectivity index (χ0n) is 19.6. The predicted molar refractivity (Wildman–Crippen MR) is 131 cm³/mol. The third-order valence-corrected chi connectivity index (χ3v) is 5.76. The van der Waals surface area contributed by atoms with Gasteiger partial charge in [0.15, 0.2) is 0 Å². The smallest absolute Gasteiger partial charge is 0.278 e. The first-order chi connectivity index (χ1) is 16.6. The molecule has 2 amide bonds. The molecule has 6 nitrogen and oxygen atoms in total. The Labute approximate surface area is 200 Å². The van der Waals surface area contributed by atoms with E-state index in [1.807, 2.05) is 78.6 Å². The van der Waals surface area contributed by atoms with Crippen LogP contribution in [-0.2, 0) is 22.7 Å². The van der Waals surface area contributed by atoms with Crippen LogP contribution in [0.2, 0.25) is 0 Å². The highest BCUT2D eigenvalue weighted by Crippen LogP contribution is 2.34. The van der Waals surface area contributed by atoms with Gasteiger partial charge in [0.25, 0.3) is 11.8 Å². The number of pyridine rings is 1. The van der Waals surface area contributed by atoms with Crippen LogP contribution in [0.4, 0.5) is 0 Å². The van der Waals surface area contributed by atoms with Crippen LogP contribution in [0.1, 0.15) is 37.0 Å². The van der Waals surface area contributed by atoms with E-state index in [0.29, 0.717) is 36.5 Å².